The second-order valence-corrected chi connectivity index (χ2v) is 3.20. The van der Waals surface area contributed by atoms with Crippen molar-refractivity contribution in [2.24, 2.45) is 11.8 Å². The summed E-state index contributed by atoms with van der Waals surface area (Å²) in [5, 5.41) is 8.50. The lowest BCUT2D eigenvalue weighted by atomic mass is 9.91. The first kappa shape index (κ1) is 8.53. The molecule has 0 aromatic rings. The summed E-state index contributed by atoms with van der Waals surface area (Å²) in [6.45, 7) is 3.52. The molecule has 0 amide bonds. The van der Waals surface area contributed by atoms with Crippen molar-refractivity contribution in [2.75, 3.05) is 13.2 Å². The first-order valence-electron chi connectivity index (χ1n) is 3.99. The molecule has 0 aliphatic carbocycles. The van der Waals surface area contributed by atoms with Crippen molar-refractivity contribution in [3.05, 3.63) is 0 Å². The molecule has 0 spiro atoms. The van der Waals surface area contributed by atoms with Gasteiger partial charge in [0, 0.05) is 19.6 Å². The van der Waals surface area contributed by atoms with E-state index in [1.54, 1.807) is 0 Å². The molecular weight excluding hydrogens is 144 g/mol. The highest BCUT2D eigenvalue weighted by Crippen LogP contribution is 2.23. The third-order valence-electron chi connectivity index (χ3n) is 2.27. The summed E-state index contributed by atoms with van der Waals surface area (Å²) >= 11 is 0. The van der Waals surface area contributed by atoms with E-state index in [0.717, 1.165) is 19.6 Å². The Labute approximate surface area is 66.4 Å². The van der Waals surface area contributed by atoms with Gasteiger partial charge in [0.15, 0.2) is 0 Å². The van der Waals surface area contributed by atoms with Crippen LogP contribution in [0.1, 0.15) is 19.8 Å². The van der Waals surface area contributed by atoms with Crippen LogP contribution in [0.15, 0.2) is 0 Å². The van der Waals surface area contributed by atoms with Crippen molar-refractivity contribution in [2.45, 2.75) is 19.8 Å². The monoisotopic (exact) mass is 158 g/mol. The molecule has 0 radical (unpaired) electrons. The van der Waals surface area contributed by atoms with E-state index in [1.807, 2.05) is 6.92 Å². The average molecular weight is 158 g/mol. The lowest BCUT2D eigenvalue weighted by Gasteiger charge is -2.14. The van der Waals surface area contributed by atoms with E-state index in [4.69, 9.17) is 9.84 Å². The highest BCUT2D eigenvalue weighted by molar-refractivity contribution is 5.66. The molecule has 0 aromatic heterocycles. The van der Waals surface area contributed by atoms with Crippen LogP contribution in [0.5, 0.6) is 0 Å². The van der Waals surface area contributed by atoms with Crippen molar-refractivity contribution < 1.29 is 14.6 Å². The lowest BCUT2D eigenvalue weighted by molar-refractivity contribution is -0.138. The zero-order valence-corrected chi connectivity index (χ0v) is 6.75. The predicted molar refractivity (Wildman–Crippen MR) is 40.3 cm³/mol. The van der Waals surface area contributed by atoms with Crippen molar-refractivity contribution in [3.8, 4) is 0 Å². The Balaban J connectivity index is 2.28. The molecule has 3 heteroatoms. The highest BCUT2D eigenvalue weighted by atomic mass is 16.5. The molecule has 1 saturated heterocycles. The van der Waals surface area contributed by atoms with Crippen molar-refractivity contribution in [1.82, 2.24) is 0 Å². The lowest BCUT2D eigenvalue weighted by Crippen LogP contribution is -2.15. The minimum atomic E-state index is -0.704. The summed E-state index contributed by atoms with van der Waals surface area (Å²) in [5.74, 6) is 0.0190. The molecular formula is C8H14O3. The van der Waals surface area contributed by atoms with E-state index in [0.29, 0.717) is 5.92 Å². The Morgan fingerprint density at radius 3 is 3.00 bits per heavy atom. The Kier molecular flexibility index (Phi) is 2.88. The van der Waals surface area contributed by atoms with Gasteiger partial charge in [-0.1, -0.05) is 6.92 Å². The van der Waals surface area contributed by atoms with E-state index in [2.05, 4.69) is 0 Å². The number of hydrogen-bond acceptors (Lipinski definition) is 2. The Morgan fingerprint density at radius 2 is 2.55 bits per heavy atom. The van der Waals surface area contributed by atoms with Crippen LogP contribution in [0.4, 0.5) is 0 Å². The first-order chi connectivity index (χ1) is 5.20. The van der Waals surface area contributed by atoms with Crippen LogP contribution in [-0.2, 0) is 9.53 Å². The maximum absolute atomic E-state index is 10.3. The SMILES string of the molecule is CC(CC(=O)O)C1CCOC1. The average Bonchev–Trinajstić information content (AvgIpc) is 2.35. The molecule has 1 aliphatic rings. The normalized spacial score (nSPS) is 26.8. The predicted octanol–water partition coefficient (Wildman–Crippen LogP) is 1.13. The molecule has 2 atom stereocenters. The van der Waals surface area contributed by atoms with Crippen molar-refractivity contribution in [3.63, 3.8) is 0 Å². The fourth-order valence-electron chi connectivity index (χ4n) is 1.44. The Bertz CT molecular complexity index is 138. The molecule has 1 heterocycles. The number of carboxylic acids is 1. The van der Waals surface area contributed by atoms with E-state index in [-0.39, 0.29) is 12.3 Å². The van der Waals surface area contributed by atoms with Gasteiger partial charge in [-0.25, -0.2) is 0 Å². The number of carboxylic acid groups (broad SMARTS) is 1. The van der Waals surface area contributed by atoms with E-state index < -0.39 is 5.97 Å². The summed E-state index contributed by atoms with van der Waals surface area (Å²) in [4.78, 5) is 10.3. The quantitative estimate of drug-likeness (QED) is 0.669. The summed E-state index contributed by atoms with van der Waals surface area (Å²) < 4.78 is 5.17. The molecule has 1 N–H and O–H groups in total. The van der Waals surface area contributed by atoms with Gasteiger partial charge in [0.25, 0.3) is 0 Å². The van der Waals surface area contributed by atoms with Crippen LogP contribution in [0.2, 0.25) is 0 Å². The van der Waals surface area contributed by atoms with Gasteiger partial charge < -0.3 is 9.84 Å². The van der Waals surface area contributed by atoms with Crippen LogP contribution in [0.25, 0.3) is 0 Å². The Morgan fingerprint density at radius 1 is 1.82 bits per heavy atom. The van der Waals surface area contributed by atoms with Crippen LogP contribution in [0, 0.1) is 11.8 Å². The molecule has 0 bridgehead atoms. The Hall–Kier alpha value is -0.570. The zero-order chi connectivity index (χ0) is 8.27. The van der Waals surface area contributed by atoms with Gasteiger partial charge >= 0.3 is 5.97 Å². The summed E-state index contributed by atoms with van der Waals surface area (Å²) in [6, 6.07) is 0. The molecule has 2 unspecified atom stereocenters. The van der Waals surface area contributed by atoms with Gasteiger partial charge in [-0.05, 0) is 18.3 Å². The minimum absolute atomic E-state index is 0.259. The number of hydrogen-bond donors (Lipinski definition) is 1. The molecule has 3 nitrogen and oxygen atoms in total. The third kappa shape index (κ3) is 2.50. The summed E-state index contributed by atoms with van der Waals surface area (Å²) in [7, 11) is 0. The topological polar surface area (TPSA) is 46.5 Å². The van der Waals surface area contributed by atoms with Gasteiger partial charge in [-0.2, -0.15) is 0 Å². The molecule has 0 saturated carbocycles. The standard InChI is InChI=1S/C8H14O3/c1-6(4-8(9)10)7-2-3-11-5-7/h6-7H,2-5H2,1H3,(H,9,10). The maximum atomic E-state index is 10.3. The van der Waals surface area contributed by atoms with Crippen LogP contribution in [-0.4, -0.2) is 24.3 Å². The van der Waals surface area contributed by atoms with E-state index in [9.17, 15) is 4.79 Å². The van der Waals surface area contributed by atoms with Crippen molar-refractivity contribution >= 4 is 5.97 Å². The smallest absolute Gasteiger partial charge is 0.303 e. The largest absolute Gasteiger partial charge is 0.481 e. The fraction of sp³-hybridized carbons (Fsp3) is 0.875. The molecule has 1 fully saturated rings. The van der Waals surface area contributed by atoms with Crippen LogP contribution < -0.4 is 0 Å². The molecule has 11 heavy (non-hydrogen) atoms. The molecule has 64 valence electrons. The van der Waals surface area contributed by atoms with Gasteiger partial charge in [0.1, 0.15) is 0 Å². The van der Waals surface area contributed by atoms with Gasteiger partial charge in [-0.3, -0.25) is 4.79 Å². The number of rotatable bonds is 3. The van der Waals surface area contributed by atoms with Gasteiger partial charge in [0.05, 0.1) is 0 Å². The summed E-state index contributed by atoms with van der Waals surface area (Å²) in [5.41, 5.74) is 0. The molecule has 1 rings (SSSR count). The summed E-state index contributed by atoms with van der Waals surface area (Å²) in [6.07, 6.45) is 1.29. The van der Waals surface area contributed by atoms with E-state index in [1.165, 1.54) is 0 Å². The minimum Gasteiger partial charge on any atom is -0.481 e. The van der Waals surface area contributed by atoms with Gasteiger partial charge in [0.2, 0.25) is 0 Å². The highest BCUT2D eigenvalue weighted by Gasteiger charge is 2.23. The molecule has 0 aromatic carbocycles. The zero-order valence-electron chi connectivity index (χ0n) is 6.75. The number of aliphatic carboxylic acids is 1. The van der Waals surface area contributed by atoms with Gasteiger partial charge in [-0.15, -0.1) is 0 Å². The molecule has 1 aliphatic heterocycles. The number of ether oxygens (including phenoxy) is 1. The van der Waals surface area contributed by atoms with E-state index >= 15 is 0 Å². The number of carbonyl (C=O) groups is 1. The second kappa shape index (κ2) is 3.72. The third-order valence-corrected chi connectivity index (χ3v) is 2.27. The van der Waals surface area contributed by atoms with Crippen LogP contribution >= 0.6 is 0 Å². The maximum Gasteiger partial charge on any atom is 0.303 e. The second-order valence-electron chi connectivity index (χ2n) is 3.20. The fourth-order valence-corrected chi connectivity index (χ4v) is 1.44. The first-order valence-corrected chi connectivity index (χ1v) is 3.99. The van der Waals surface area contributed by atoms with Crippen molar-refractivity contribution in [1.29, 1.82) is 0 Å². The van der Waals surface area contributed by atoms with Crippen LogP contribution in [0.3, 0.4) is 0 Å².